The summed E-state index contributed by atoms with van der Waals surface area (Å²) in [6.45, 7) is 4.89. The lowest BCUT2D eigenvalue weighted by molar-refractivity contribution is 0.354. The van der Waals surface area contributed by atoms with E-state index in [1.54, 1.807) is 14.2 Å². The first-order valence-corrected chi connectivity index (χ1v) is 7.01. The van der Waals surface area contributed by atoms with Crippen molar-refractivity contribution in [2.24, 2.45) is 0 Å². The molecule has 0 aliphatic heterocycles. The van der Waals surface area contributed by atoms with Crippen molar-refractivity contribution in [3.8, 4) is 11.5 Å². The molecule has 2 aromatic rings. The van der Waals surface area contributed by atoms with Gasteiger partial charge in [-0.2, -0.15) is 0 Å². The number of aromatic nitrogens is 1. The van der Waals surface area contributed by atoms with Crippen molar-refractivity contribution in [2.45, 2.75) is 26.4 Å². The van der Waals surface area contributed by atoms with E-state index < -0.39 is 0 Å². The van der Waals surface area contributed by atoms with Crippen LogP contribution in [0.3, 0.4) is 0 Å². The minimum Gasteiger partial charge on any atom is -0.493 e. The number of aryl methyl sites for hydroxylation is 1. The van der Waals surface area contributed by atoms with Gasteiger partial charge in [-0.15, -0.1) is 0 Å². The Morgan fingerprint density at radius 1 is 1.10 bits per heavy atom. The van der Waals surface area contributed by atoms with E-state index in [1.165, 1.54) is 5.56 Å². The van der Waals surface area contributed by atoms with E-state index in [4.69, 9.17) is 9.47 Å². The summed E-state index contributed by atoms with van der Waals surface area (Å²) >= 11 is 0. The normalized spacial score (nSPS) is 12.0. The predicted molar refractivity (Wildman–Crippen MR) is 83.8 cm³/mol. The molecule has 112 valence electrons. The van der Waals surface area contributed by atoms with E-state index >= 15 is 0 Å². The summed E-state index contributed by atoms with van der Waals surface area (Å²) in [6, 6.07) is 10.3. The van der Waals surface area contributed by atoms with Crippen molar-refractivity contribution in [3.05, 3.63) is 53.3 Å². The average molecular weight is 286 g/mol. The monoisotopic (exact) mass is 286 g/mol. The molecule has 1 unspecified atom stereocenters. The Bertz CT molecular complexity index is 582. The molecule has 4 heteroatoms. The Morgan fingerprint density at radius 3 is 2.48 bits per heavy atom. The Morgan fingerprint density at radius 2 is 1.86 bits per heavy atom. The molecular formula is C17H22N2O2. The summed E-state index contributed by atoms with van der Waals surface area (Å²) in [5.41, 5.74) is 3.36. The van der Waals surface area contributed by atoms with Gasteiger partial charge < -0.3 is 14.8 Å². The Labute approximate surface area is 126 Å². The highest BCUT2D eigenvalue weighted by molar-refractivity contribution is 5.43. The summed E-state index contributed by atoms with van der Waals surface area (Å²) in [5, 5.41) is 3.46. The van der Waals surface area contributed by atoms with E-state index in [-0.39, 0.29) is 6.04 Å². The van der Waals surface area contributed by atoms with Crippen molar-refractivity contribution in [1.29, 1.82) is 0 Å². The van der Waals surface area contributed by atoms with Gasteiger partial charge in [0.05, 0.1) is 19.9 Å². The van der Waals surface area contributed by atoms with Crippen LogP contribution in [0.4, 0.5) is 0 Å². The number of ether oxygens (including phenoxy) is 2. The maximum absolute atomic E-state index is 5.34. The van der Waals surface area contributed by atoms with Gasteiger partial charge >= 0.3 is 0 Å². The fraction of sp³-hybridized carbons (Fsp3) is 0.353. The second kappa shape index (κ2) is 7.09. The highest BCUT2D eigenvalue weighted by Crippen LogP contribution is 2.29. The van der Waals surface area contributed by atoms with Crippen molar-refractivity contribution < 1.29 is 9.47 Å². The largest absolute Gasteiger partial charge is 0.493 e. The Balaban J connectivity index is 2.02. The van der Waals surface area contributed by atoms with Gasteiger partial charge in [0.2, 0.25) is 0 Å². The van der Waals surface area contributed by atoms with Gasteiger partial charge in [-0.05, 0) is 43.2 Å². The minimum atomic E-state index is 0.202. The first-order chi connectivity index (χ1) is 10.1. The molecule has 0 saturated heterocycles. The highest BCUT2D eigenvalue weighted by Gasteiger charge is 2.10. The average Bonchev–Trinajstić information content (AvgIpc) is 2.53. The smallest absolute Gasteiger partial charge is 0.161 e. The number of rotatable bonds is 6. The third-order valence-corrected chi connectivity index (χ3v) is 3.47. The topological polar surface area (TPSA) is 43.4 Å². The number of nitrogens with one attached hydrogen (secondary N) is 1. The molecule has 0 aliphatic rings. The van der Waals surface area contributed by atoms with Crippen LogP contribution in [0.2, 0.25) is 0 Å². The van der Waals surface area contributed by atoms with E-state index in [0.717, 1.165) is 29.3 Å². The SMILES string of the molecule is COc1ccc(C(C)NCc2ccc(C)cn2)cc1OC. The van der Waals surface area contributed by atoms with Gasteiger partial charge in [0.1, 0.15) is 0 Å². The quantitative estimate of drug-likeness (QED) is 0.885. The molecule has 1 heterocycles. The maximum atomic E-state index is 5.34. The molecule has 0 aliphatic carbocycles. The summed E-state index contributed by atoms with van der Waals surface area (Å²) in [7, 11) is 3.29. The van der Waals surface area contributed by atoms with Crippen molar-refractivity contribution in [3.63, 3.8) is 0 Å². The molecule has 0 radical (unpaired) electrons. The number of nitrogens with zero attached hydrogens (tertiary/aromatic N) is 1. The van der Waals surface area contributed by atoms with Gasteiger partial charge in [0.15, 0.2) is 11.5 Å². The van der Waals surface area contributed by atoms with Crippen LogP contribution in [-0.4, -0.2) is 19.2 Å². The summed E-state index contributed by atoms with van der Waals surface area (Å²) < 4.78 is 10.6. The van der Waals surface area contributed by atoms with Gasteiger partial charge in [-0.25, -0.2) is 0 Å². The van der Waals surface area contributed by atoms with Gasteiger partial charge in [0.25, 0.3) is 0 Å². The van der Waals surface area contributed by atoms with E-state index in [0.29, 0.717) is 0 Å². The molecule has 1 atom stereocenters. The van der Waals surface area contributed by atoms with Crippen LogP contribution >= 0.6 is 0 Å². The highest BCUT2D eigenvalue weighted by atomic mass is 16.5. The molecule has 0 fully saturated rings. The third-order valence-electron chi connectivity index (χ3n) is 3.47. The minimum absolute atomic E-state index is 0.202. The Kier molecular flexibility index (Phi) is 5.17. The van der Waals surface area contributed by atoms with E-state index in [2.05, 4.69) is 23.3 Å². The van der Waals surface area contributed by atoms with Crippen LogP contribution < -0.4 is 14.8 Å². The van der Waals surface area contributed by atoms with Crippen molar-refractivity contribution in [2.75, 3.05) is 14.2 Å². The standard InChI is InChI=1S/C17H22N2O2/c1-12-5-7-15(19-10-12)11-18-13(2)14-6-8-16(20-3)17(9-14)21-4/h5-10,13,18H,11H2,1-4H3. The second-order valence-corrected chi connectivity index (χ2v) is 5.04. The number of hydrogen-bond donors (Lipinski definition) is 1. The molecule has 0 spiro atoms. The summed E-state index contributed by atoms with van der Waals surface area (Å²) in [6.07, 6.45) is 1.89. The number of hydrogen-bond acceptors (Lipinski definition) is 4. The molecule has 0 bridgehead atoms. The third kappa shape index (κ3) is 3.95. The van der Waals surface area contributed by atoms with E-state index in [1.807, 2.05) is 37.4 Å². The fourth-order valence-corrected chi connectivity index (χ4v) is 2.10. The van der Waals surface area contributed by atoms with Crippen LogP contribution in [0.5, 0.6) is 11.5 Å². The lowest BCUT2D eigenvalue weighted by Gasteiger charge is -2.16. The summed E-state index contributed by atoms with van der Waals surface area (Å²) in [5.74, 6) is 1.49. The first kappa shape index (κ1) is 15.3. The zero-order valence-electron chi connectivity index (χ0n) is 13.0. The van der Waals surface area contributed by atoms with Crippen LogP contribution in [-0.2, 0) is 6.54 Å². The van der Waals surface area contributed by atoms with Gasteiger partial charge in [0, 0.05) is 18.8 Å². The molecule has 0 amide bonds. The zero-order chi connectivity index (χ0) is 15.2. The molecule has 4 nitrogen and oxygen atoms in total. The predicted octanol–water partition coefficient (Wildman–Crippen LogP) is 3.26. The fourth-order valence-electron chi connectivity index (χ4n) is 2.10. The van der Waals surface area contributed by atoms with Crippen LogP contribution in [0, 0.1) is 6.92 Å². The summed E-state index contributed by atoms with van der Waals surface area (Å²) in [4.78, 5) is 4.40. The lowest BCUT2D eigenvalue weighted by atomic mass is 10.1. The zero-order valence-corrected chi connectivity index (χ0v) is 13.0. The van der Waals surface area contributed by atoms with Crippen LogP contribution in [0.25, 0.3) is 0 Å². The number of methoxy groups -OCH3 is 2. The maximum Gasteiger partial charge on any atom is 0.161 e. The van der Waals surface area contributed by atoms with Gasteiger partial charge in [-0.3, -0.25) is 4.98 Å². The molecule has 1 aromatic heterocycles. The molecule has 2 rings (SSSR count). The number of pyridine rings is 1. The molecular weight excluding hydrogens is 264 g/mol. The molecule has 1 N–H and O–H groups in total. The van der Waals surface area contributed by atoms with Crippen LogP contribution in [0.1, 0.15) is 29.8 Å². The number of benzene rings is 1. The second-order valence-electron chi connectivity index (χ2n) is 5.04. The van der Waals surface area contributed by atoms with Crippen LogP contribution in [0.15, 0.2) is 36.5 Å². The van der Waals surface area contributed by atoms with Crippen molar-refractivity contribution in [1.82, 2.24) is 10.3 Å². The van der Waals surface area contributed by atoms with E-state index in [9.17, 15) is 0 Å². The first-order valence-electron chi connectivity index (χ1n) is 7.01. The molecule has 0 saturated carbocycles. The van der Waals surface area contributed by atoms with Gasteiger partial charge in [-0.1, -0.05) is 12.1 Å². The molecule has 1 aromatic carbocycles. The van der Waals surface area contributed by atoms with Crippen molar-refractivity contribution >= 4 is 0 Å². The lowest BCUT2D eigenvalue weighted by Crippen LogP contribution is -2.18. The Hall–Kier alpha value is -2.07. The molecule has 21 heavy (non-hydrogen) atoms.